The molecule has 1 aromatic heterocycles. The van der Waals surface area contributed by atoms with Crippen molar-refractivity contribution < 1.29 is 0 Å². The molecule has 84 valence electrons. The van der Waals surface area contributed by atoms with Crippen molar-refractivity contribution in [1.29, 1.82) is 0 Å². The zero-order valence-electron chi connectivity index (χ0n) is 9.42. The fraction of sp³-hybridized carbons (Fsp3) is 0.385. The topological polar surface area (TPSA) is 41.8 Å². The highest BCUT2D eigenvalue weighted by Gasteiger charge is 2.56. The van der Waals surface area contributed by atoms with Gasteiger partial charge in [0.05, 0.1) is 0 Å². The molecule has 0 spiro atoms. The average Bonchev–Trinajstić information content (AvgIpc) is 2.60. The molecule has 2 aromatic rings. The van der Waals surface area contributed by atoms with Crippen molar-refractivity contribution in [3.63, 3.8) is 0 Å². The number of fused-ring (bicyclic) bond motifs is 1. The first-order valence-corrected chi connectivity index (χ1v) is 6.33. The van der Waals surface area contributed by atoms with Crippen LogP contribution < -0.4 is 5.73 Å². The monoisotopic (exact) mass is 278 g/mol. The predicted molar refractivity (Wildman–Crippen MR) is 70.5 cm³/mol. The van der Waals surface area contributed by atoms with Gasteiger partial charge in [0.1, 0.15) is 0 Å². The maximum absolute atomic E-state index is 6.10. The van der Waals surface area contributed by atoms with Crippen molar-refractivity contribution in [2.75, 3.05) is 0 Å². The van der Waals surface area contributed by atoms with E-state index in [2.05, 4.69) is 59.0 Å². The third-order valence-electron chi connectivity index (χ3n) is 3.85. The van der Waals surface area contributed by atoms with Crippen LogP contribution in [0.3, 0.4) is 0 Å². The van der Waals surface area contributed by atoms with Gasteiger partial charge in [-0.2, -0.15) is 0 Å². The van der Waals surface area contributed by atoms with Gasteiger partial charge in [0.2, 0.25) is 0 Å². The molecule has 0 amide bonds. The van der Waals surface area contributed by atoms with Crippen molar-refractivity contribution in [2.45, 2.75) is 25.8 Å². The Morgan fingerprint density at radius 3 is 2.62 bits per heavy atom. The van der Waals surface area contributed by atoms with E-state index in [1.807, 2.05) is 0 Å². The van der Waals surface area contributed by atoms with Gasteiger partial charge in [-0.25, -0.2) is 0 Å². The minimum Gasteiger partial charge on any atom is -0.358 e. The van der Waals surface area contributed by atoms with Crippen LogP contribution in [0.2, 0.25) is 0 Å². The first-order valence-electron chi connectivity index (χ1n) is 5.54. The van der Waals surface area contributed by atoms with E-state index >= 15 is 0 Å². The molecule has 2 atom stereocenters. The molecule has 0 radical (unpaired) electrons. The van der Waals surface area contributed by atoms with Crippen molar-refractivity contribution in [3.05, 3.63) is 34.4 Å². The van der Waals surface area contributed by atoms with Crippen LogP contribution in [0.4, 0.5) is 0 Å². The summed E-state index contributed by atoms with van der Waals surface area (Å²) in [6.45, 7) is 4.45. The van der Waals surface area contributed by atoms with Crippen LogP contribution in [0.25, 0.3) is 10.9 Å². The predicted octanol–water partition coefficient (Wildman–Crippen LogP) is 3.38. The van der Waals surface area contributed by atoms with Crippen LogP contribution in [-0.4, -0.2) is 11.0 Å². The lowest BCUT2D eigenvalue weighted by atomic mass is 10.1. The molecule has 1 saturated carbocycles. The number of H-pyrrole nitrogens is 1. The number of hydrogen-bond acceptors (Lipinski definition) is 1. The molecule has 2 nitrogen and oxygen atoms in total. The lowest BCUT2D eigenvalue weighted by Gasteiger charge is -1.98. The third kappa shape index (κ3) is 1.35. The molecule has 3 heteroatoms. The van der Waals surface area contributed by atoms with E-state index < -0.39 is 0 Å². The Morgan fingerprint density at radius 1 is 1.31 bits per heavy atom. The Morgan fingerprint density at radius 2 is 2.00 bits per heavy atom. The van der Waals surface area contributed by atoms with Gasteiger partial charge < -0.3 is 10.7 Å². The zero-order valence-corrected chi connectivity index (χ0v) is 11.0. The maximum Gasteiger partial charge on any atom is 0.0456 e. The fourth-order valence-electron chi connectivity index (χ4n) is 2.57. The number of rotatable bonds is 1. The van der Waals surface area contributed by atoms with Gasteiger partial charge in [-0.1, -0.05) is 29.8 Å². The van der Waals surface area contributed by atoms with E-state index in [4.69, 9.17) is 5.73 Å². The molecule has 0 saturated heterocycles. The summed E-state index contributed by atoms with van der Waals surface area (Å²) < 4.78 is 1.12. The third-order valence-corrected chi connectivity index (χ3v) is 4.34. The second-order valence-corrected chi connectivity index (χ2v) is 6.20. The second-order valence-electron chi connectivity index (χ2n) is 5.28. The first-order chi connectivity index (χ1) is 7.50. The molecule has 1 aromatic carbocycles. The Hall–Kier alpha value is -0.800. The molecule has 3 N–H and O–H groups in total. The van der Waals surface area contributed by atoms with Crippen molar-refractivity contribution >= 4 is 26.8 Å². The number of aromatic nitrogens is 1. The van der Waals surface area contributed by atoms with Gasteiger partial charge in [0.15, 0.2) is 0 Å². The minimum absolute atomic E-state index is 0.234. The average molecular weight is 279 g/mol. The summed E-state index contributed by atoms with van der Waals surface area (Å²) >= 11 is 3.49. The summed E-state index contributed by atoms with van der Waals surface area (Å²) in [5, 5.41) is 1.25. The Balaban J connectivity index is 2.07. The number of nitrogens with two attached hydrogens (primary N) is 1. The van der Waals surface area contributed by atoms with E-state index in [1.54, 1.807) is 0 Å². The second kappa shape index (κ2) is 3.11. The summed E-state index contributed by atoms with van der Waals surface area (Å²) in [5.41, 5.74) is 8.79. The van der Waals surface area contributed by atoms with Gasteiger partial charge in [-0.05, 0) is 29.7 Å². The number of halogens is 1. The highest BCUT2D eigenvalue weighted by molar-refractivity contribution is 9.10. The summed E-state index contributed by atoms with van der Waals surface area (Å²) in [6, 6.07) is 8.80. The van der Waals surface area contributed by atoms with E-state index in [0.717, 1.165) is 4.47 Å². The highest BCUT2D eigenvalue weighted by Crippen LogP contribution is 2.57. The molecule has 1 aliphatic carbocycles. The fourth-order valence-corrected chi connectivity index (χ4v) is 2.94. The quantitative estimate of drug-likeness (QED) is 0.825. The van der Waals surface area contributed by atoms with Crippen LogP contribution in [0, 0.1) is 5.41 Å². The largest absolute Gasteiger partial charge is 0.358 e. The van der Waals surface area contributed by atoms with Crippen molar-refractivity contribution in [1.82, 2.24) is 4.98 Å². The number of hydrogen-bond donors (Lipinski definition) is 2. The standard InChI is InChI=1S/C13H15BrN2/c1-13(2)11(12(13)15)10-6-7-5-8(14)3-4-9(7)16-10/h3-6,11-12,16H,15H2,1-2H3. The molecule has 2 unspecified atom stereocenters. The van der Waals surface area contributed by atoms with Gasteiger partial charge in [0, 0.05) is 33.0 Å². The molecule has 1 aliphatic rings. The number of nitrogens with one attached hydrogen (secondary N) is 1. The summed E-state index contributed by atoms with van der Waals surface area (Å²) in [6.07, 6.45) is 0. The van der Waals surface area contributed by atoms with Crippen LogP contribution >= 0.6 is 15.9 Å². The van der Waals surface area contributed by atoms with Crippen LogP contribution in [0.1, 0.15) is 25.5 Å². The van der Waals surface area contributed by atoms with Crippen molar-refractivity contribution in [2.24, 2.45) is 11.1 Å². The Labute approximate surface area is 103 Å². The summed E-state index contributed by atoms with van der Waals surface area (Å²) in [4.78, 5) is 3.47. The van der Waals surface area contributed by atoms with Crippen LogP contribution in [0.15, 0.2) is 28.7 Å². The van der Waals surface area contributed by atoms with E-state index in [9.17, 15) is 0 Å². The van der Waals surface area contributed by atoms with E-state index in [1.165, 1.54) is 16.6 Å². The van der Waals surface area contributed by atoms with Gasteiger partial charge in [0.25, 0.3) is 0 Å². The maximum atomic E-state index is 6.10. The molecule has 0 bridgehead atoms. The SMILES string of the molecule is CC1(C)C(N)C1c1cc2cc(Br)ccc2[nH]1. The molecule has 0 aliphatic heterocycles. The molecule has 1 fully saturated rings. The summed E-state index contributed by atoms with van der Waals surface area (Å²) in [5.74, 6) is 0.471. The molecule has 1 heterocycles. The first kappa shape index (κ1) is 10.4. The Kier molecular flexibility index (Phi) is 2.01. The normalized spacial score (nSPS) is 27.2. The van der Waals surface area contributed by atoms with Crippen LogP contribution in [0.5, 0.6) is 0 Å². The number of benzene rings is 1. The molecular weight excluding hydrogens is 264 g/mol. The minimum atomic E-state index is 0.234. The van der Waals surface area contributed by atoms with E-state index in [0.29, 0.717) is 5.92 Å². The van der Waals surface area contributed by atoms with Crippen LogP contribution in [-0.2, 0) is 0 Å². The molecule has 3 rings (SSSR count). The van der Waals surface area contributed by atoms with Gasteiger partial charge in [-0.3, -0.25) is 0 Å². The van der Waals surface area contributed by atoms with Gasteiger partial charge >= 0.3 is 0 Å². The van der Waals surface area contributed by atoms with Crippen molar-refractivity contribution in [3.8, 4) is 0 Å². The van der Waals surface area contributed by atoms with E-state index in [-0.39, 0.29) is 11.5 Å². The smallest absolute Gasteiger partial charge is 0.0456 e. The number of aromatic amines is 1. The summed E-state index contributed by atoms with van der Waals surface area (Å²) in [7, 11) is 0. The van der Waals surface area contributed by atoms with Gasteiger partial charge in [-0.15, -0.1) is 0 Å². The Bertz CT molecular complexity index is 556. The lowest BCUT2D eigenvalue weighted by Crippen LogP contribution is -2.06. The lowest BCUT2D eigenvalue weighted by molar-refractivity contribution is 0.596. The highest BCUT2D eigenvalue weighted by atomic mass is 79.9. The molecule has 16 heavy (non-hydrogen) atoms. The molecular formula is C13H15BrN2. The zero-order chi connectivity index (χ0) is 11.5.